The van der Waals surface area contributed by atoms with E-state index in [0.717, 1.165) is 27.6 Å². The summed E-state index contributed by atoms with van der Waals surface area (Å²) in [5, 5.41) is 0.852. The summed E-state index contributed by atoms with van der Waals surface area (Å²) in [4.78, 5) is 17.7. The molecular formula is C28H26N2O2. The number of rotatable bonds is 6. The molecule has 0 aliphatic rings. The first kappa shape index (κ1) is 21.4. The fourth-order valence-electron chi connectivity index (χ4n) is 3.83. The van der Waals surface area contributed by atoms with Crippen molar-refractivity contribution in [3.63, 3.8) is 0 Å². The maximum Gasteiger partial charge on any atom is 0.348 e. The van der Waals surface area contributed by atoms with E-state index in [-0.39, 0.29) is 12.3 Å². The van der Waals surface area contributed by atoms with Crippen molar-refractivity contribution in [1.82, 2.24) is 9.55 Å². The van der Waals surface area contributed by atoms with Gasteiger partial charge in [0, 0.05) is 10.9 Å². The monoisotopic (exact) mass is 422 g/mol. The molecule has 1 aromatic heterocycles. The van der Waals surface area contributed by atoms with Crippen molar-refractivity contribution in [2.45, 2.75) is 33.2 Å². The van der Waals surface area contributed by atoms with Gasteiger partial charge in [0.25, 0.3) is 0 Å². The maximum atomic E-state index is 13.2. The van der Waals surface area contributed by atoms with E-state index in [0.29, 0.717) is 23.9 Å². The first-order valence-electron chi connectivity index (χ1n) is 10.7. The minimum absolute atomic E-state index is 0.181. The van der Waals surface area contributed by atoms with E-state index < -0.39 is 0 Å². The van der Waals surface area contributed by atoms with Crippen molar-refractivity contribution in [1.29, 1.82) is 0 Å². The number of nitrogens with zero attached hydrogens (tertiary/aromatic N) is 2. The lowest BCUT2D eigenvalue weighted by Crippen LogP contribution is -2.25. The lowest BCUT2D eigenvalue weighted by Gasteiger charge is -2.15. The molecule has 4 rings (SSSR count). The number of hydrogen-bond acceptors (Lipinski definition) is 3. The number of ether oxygens (including phenoxy) is 1. The Bertz CT molecular complexity index is 1360. The highest BCUT2D eigenvalue weighted by molar-refractivity contribution is 5.93. The van der Waals surface area contributed by atoms with Gasteiger partial charge in [0.2, 0.25) is 0 Å². The van der Waals surface area contributed by atoms with Gasteiger partial charge in [0.05, 0.1) is 17.8 Å². The van der Waals surface area contributed by atoms with Crippen LogP contribution in [-0.2, 0) is 6.54 Å². The molecule has 0 fully saturated rings. The second kappa shape index (κ2) is 9.11. The molecule has 4 nitrogen and oxygen atoms in total. The Labute approximate surface area is 188 Å². The van der Waals surface area contributed by atoms with Crippen molar-refractivity contribution in [2.24, 2.45) is 0 Å². The minimum atomic E-state index is -0.277. The Morgan fingerprint density at radius 2 is 1.81 bits per heavy atom. The highest BCUT2D eigenvalue weighted by Gasteiger charge is 2.15. The highest BCUT2D eigenvalue weighted by Crippen LogP contribution is 2.30. The number of fused-ring (bicyclic) bond motifs is 1. The number of hydrogen-bond donors (Lipinski definition) is 0. The molecule has 1 heterocycles. The lowest BCUT2D eigenvalue weighted by atomic mass is 9.99. The van der Waals surface area contributed by atoms with Gasteiger partial charge >= 0.3 is 5.69 Å². The molecule has 0 aliphatic heterocycles. The molecule has 32 heavy (non-hydrogen) atoms. The van der Waals surface area contributed by atoms with Gasteiger partial charge in [0.1, 0.15) is 12.4 Å². The summed E-state index contributed by atoms with van der Waals surface area (Å²) in [5.74, 6) is 3.58. The molecule has 0 spiro atoms. The SMILES string of the molecule is C#CCOc1ccc2c(c1)c(-c1ccc(C(C)C)cc1)nc(=O)n2Cc1ccccc1C. The van der Waals surface area contributed by atoms with Crippen LogP contribution in [0.4, 0.5) is 0 Å². The molecule has 0 saturated heterocycles. The van der Waals surface area contributed by atoms with Crippen molar-refractivity contribution in [3.8, 4) is 29.4 Å². The summed E-state index contributed by atoms with van der Waals surface area (Å²) in [7, 11) is 0. The Morgan fingerprint density at radius 3 is 2.50 bits per heavy atom. The third kappa shape index (κ3) is 4.29. The first-order chi connectivity index (χ1) is 15.5. The summed E-state index contributed by atoms with van der Waals surface area (Å²) in [6, 6.07) is 22.0. The van der Waals surface area contributed by atoms with Crippen LogP contribution in [0, 0.1) is 19.3 Å². The van der Waals surface area contributed by atoms with Gasteiger partial charge in [0.15, 0.2) is 0 Å². The predicted octanol–water partition coefficient (Wildman–Crippen LogP) is 5.56. The summed E-state index contributed by atoms with van der Waals surface area (Å²) in [6.07, 6.45) is 5.36. The molecule has 0 aliphatic carbocycles. The highest BCUT2D eigenvalue weighted by atomic mass is 16.5. The third-order valence-corrected chi connectivity index (χ3v) is 5.71. The number of terminal acetylenes is 1. The molecule has 160 valence electrons. The first-order valence-corrected chi connectivity index (χ1v) is 10.7. The Balaban J connectivity index is 1.91. The van der Waals surface area contributed by atoms with E-state index in [9.17, 15) is 4.79 Å². The van der Waals surface area contributed by atoms with E-state index in [1.807, 2.05) is 61.5 Å². The molecule has 0 atom stereocenters. The normalized spacial score (nSPS) is 11.0. The Hall–Kier alpha value is -3.84. The fraction of sp³-hybridized carbons (Fsp3) is 0.214. The minimum Gasteiger partial charge on any atom is -0.481 e. The van der Waals surface area contributed by atoms with Crippen molar-refractivity contribution < 1.29 is 4.74 Å². The zero-order chi connectivity index (χ0) is 22.7. The summed E-state index contributed by atoms with van der Waals surface area (Å²) in [6.45, 7) is 6.99. The topological polar surface area (TPSA) is 44.1 Å². The third-order valence-electron chi connectivity index (χ3n) is 5.71. The molecule has 0 bridgehead atoms. The van der Waals surface area contributed by atoms with Gasteiger partial charge in [-0.15, -0.1) is 6.42 Å². The van der Waals surface area contributed by atoms with Crippen LogP contribution in [0.5, 0.6) is 5.75 Å². The average molecular weight is 423 g/mol. The Morgan fingerprint density at radius 1 is 1.06 bits per heavy atom. The van der Waals surface area contributed by atoms with Crippen LogP contribution < -0.4 is 10.4 Å². The van der Waals surface area contributed by atoms with Crippen LogP contribution in [0.25, 0.3) is 22.2 Å². The largest absolute Gasteiger partial charge is 0.481 e. The summed E-state index contributed by atoms with van der Waals surface area (Å²) in [5.41, 5.74) is 5.53. The van der Waals surface area contributed by atoms with E-state index in [1.165, 1.54) is 5.56 Å². The van der Waals surface area contributed by atoms with Crippen LogP contribution >= 0.6 is 0 Å². The zero-order valence-corrected chi connectivity index (χ0v) is 18.6. The fourth-order valence-corrected chi connectivity index (χ4v) is 3.83. The van der Waals surface area contributed by atoms with Crippen molar-refractivity contribution >= 4 is 10.9 Å². The number of aryl methyl sites for hydroxylation is 1. The average Bonchev–Trinajstić information content (AvgIpc) is 2.80. The Kier molecular flexibility index (Phi) is 6.09. The zero-order valence-electron chi connectivity index (χ0n) is 18.6. The van der Waals surface area contributed by atoms with Gasteiger partial charge in [-0.2, -0.15) is 4.98 Å². The molecule has 0 saturated carbocycles. The van der Waals surface area contributed by atoms with E-state index in [2.05, 4.69) is 36.9 Å². The van der Waals surface area contributed by atoms with Gasteiger partial charge in [-0.3, -0.25) is 4.57 Å². The van der Waals surface area contributed by atoms with Gasteiger partial charge in [-0.05, 0) is 47.7 Å². The molecule has 0 unspecified atom stereocenters. The molecule has 4 heteroatoms. The van der Waals surface area contributed by atoms with Crippen LogP contribution in [0.1, 0.15) is 36.5 Å². The summed E-state index contributed by atoms with van der Waals surface area (Å²) < 4.78 is 7.38. The van der Waals surface area contributed by atoms with Gasteiger partial charge in [-0.25, -0.2) is 4.79 Å². The van der Waals surface area contributed by atoms with Crippen LogP contribution in [0.2, 0.25) is 0 Å². The quantitative estimate of drug-likeness (QED) is 0.382. The molecule has 0 N–H and O–H groups in total. The summed E-state index contributed by atoms with van der Waals surface area (Å²) >= 11 is 0. The molecule has 0 amide bonds. The van der Waals surface area contributed by atoms with E-state index in [1.54, 1.807) is 4.57 Å². The molecular weight excluding hydrogens is 396 g/mol. The number of aromatic nitrogens is 2. The van der Waals surface area contributed by atoms with Crippen molar-refractivity contribution in [3.05, 3.63) is 93.9 Å². The molecule has 4 aromatic rings. The van der Waals surface area contributed by atoms with Gasteiger partial charge in [-0.1, -0.05) is 68.3 Å². The van der Waals surface area contributed by atoms with Crippen LogP contribution in [-0.4, -0.2) is 16.2 Å². The van der Waals surface area contributed by atoms with Crippen LogP contribution in [0.3, 0.4) is 0 Å². The van der Waals surface area contributed by atoms with Crippen LogP contribution in [0.15, 0.2) is 71.5 Å². The molecule has 0 radical (unpaired) electrons. The second-order valence-electron chi connectivity index (χ2n) is 8.20. The van der Waals surface area contributed by atoms with Crippen molar-refractivity contribution in [2.75, 3.05) is 6.61 Å². The second-order valence-corrected chi connectivity index (χ2v) is 8.20. The number of benzene rings is 3. The van der Waals surface area contributed by atoms with E-state index in [4.69, 9.17) is 11.2 Å². The van der Waals surface area contributed by atoms with Gasteiger partial charge < -0.3 is 4.74 Å². The maximum absolute atomic E-state index is 13.2. The van der Waals surface area contributed by atoms with E-state index >= 15 is 0 Å². The smallest absolute Gasteiger partial charge is 0.348 e. The predicted molar refractivity (Wildman–Crippen MR) is 130 cm³/mol. The lowest BCUT2D eigenvalue weighted by molar-refractivity contribution is 0.371. The molecule has 3 aromatic carbocycles. The standard InChI is InChI=1S/C28H26N2O2/c1-5-16-32-24-14-15-26-25(17-24)27(22-12-10-21(11-13-22)19(2)3)29-28(31)30(26)18-23-9-7-6-8-20(23)4/h1,6-15,17,19H,16,18H2,2-4H3.